The molecule has 0 spiro atoms. The Bertz CT molecular complexity index is 461. The van der Waals surface area contributed by atoms with Crippen molar-refractivity contribution in [3.05, 3.63) is 28.7 Å². The maximum absolute atomic E-state index is 12.0. The Morgan fingerprint density at radius 1 is 1.43 bits per heavy atom. The van der Waals surface area contributed by atoms with Crippen LogP contribution in [-0.2, 0) is 4.79 Å². The molecule has 3 nitrogen and oxygen atoms in total. The number of nitrogens with one attached hydrogen (secondary N) is 2. The third kappa shape index (κ3) is 6.19. The Kier molecular flexibility index (Phi) is 7.54. The summed E-state index contributed by atoms with van der Waals surface area (Å²) in [5.41, 5.74) is 0. The molecule has 118 valence electrons. The third-order valence-corrected chi connectivity index (χ3v) is 5.01. The molecule has 1 aliphatic heterocycles. The summed E-state index contributed by atoms with van der Waals surface area (Å²) in [5, 5.41) is 6.29. The molecule has 1 atom stereocenters. The predicted molar refractivity (Wildman–Crippen MR) is 95.4 cm³/mol. The van der Waals surface area contributed by atoms with Crippen molar-refractivity contribution in [2.24, 2.45) is 0 Å². The fraction of sp³-hybridized carbons (Fsp3) is 0.533. The van der Waals surface area contributed by atoms with Gasteiger partial charge in [-0.3, -0.25) is 4.79 Å². The van der Waals surface area contributed by atoms with E-state index in [1.165, 1.54) is 4.90 Å². The molecule has 0 bridgehead atoms. The minimum Gasteiger partial charge on any atom is -0.353 e. The number of rotatable bonds is 5. The Hall–Kier alpha value is -0.230. The number of amides is 1. The van der Waals surface area contributed by atoms with Crippen LogP contribution in [0.4, 0.5) is 0 Å². The van der Waals surface area contributed by atoms with Crippen LogP contribution in [0.5, 0.6) is 0 Å². The summed E-state index contributed by atoms with van der Waals surface area (Å²) in [7, 11) is 0. The Morgan fingerprint density at radius 2 is 2.10 bits per heavy atom. The molecule has 0 saturated carbocycles. The second kappa shape index (κ2) is 8.42. The van der Waals surface area contributed by atoms with Crippen molar-refractivity contribution in [2.75, 3.05) is 13.1 Å². The van der Waals surface area contributed by atoms with Crippen LogP contribution in [0.15, 0.2) is 33.6 Å². The van der Waals surface area contributed by atoms with Crippen molar-refractivity contribution in [2.45, 2.75) is 42.4 Å². The van der Waals surface area contributed by atoms with Crippen LogP contribution in [-0.4, -0.2) is 29.8 Å². The number of hydrogen-bond donors (Lipinski definition) is 2. The van der Waals surface area contributed by atoms with E-state index in [0.717, 1.165) is 23.9 Å². The van der Waals surface area contributed by atoms with Crippen LogP contribution in [0.2, 0.25) is 0 Å². The normalized spacial score (nSPS) is 18.1. The van der Waals surface area contributed by atoms with E-state index in [2.05, 4.69) is 52.5 Å². The van der Waals surface area contributed by atoms with E-state index in [0.29, 0.717) is 6.54 Å². The molecule has 6 heteroatoms. The molecule has 1 amide bonds. The first-order valence-corrected chi connectivity index (χ1v) is 8.53. The highest BCUT2D eigenvalue weighted by Crippen LogP contribution is 2.32. The van der Waals surface area contributed by atoms with Crippen LogP contribution in [0, 0.1) is 0 Å². The second-order valence-electron chi connectivity index (χ2n) is 5.68. The fourth-order valence-corrected chi connectivity index (χ4v) is 3.51. The van der Waals surface area contributed by atoms with Crippen molar-refractivity contribution in [3.63, 3.8) is 0 Å². The Labute approximate surface area is 145 Å². The van der Waals surface area contributed by atoms with E-state index >= 15 is 0 Å². The maximum Gasteiger partial charge on any atom is 0.237 e. The molecule has 0 radical (unpaired) electrons. The summed E-state index contributed by atoms with van der Waals surface area (Å²) in [6.07, 6.45) is 2.04. The van der Waals surface area contributed by atoms with Gasteiger partial charge in [-0.05, 0) is 57.5 Å². The van der Waals surface area contributed by atoms with Gasteiger partial charge in [-0.2, -0.15) is 0 Å². The second-order valence-corrected chi connectivity index (χ2v) is 8.38. The first kappa shape index (κ1) is 18.8. The van der Waals surface area contributed by atoms with Crippen LogP contribution in [0.1, 0.15) is 26.7 Å². The van der Waals surface area contributed by atoms with Crippen LogP contribution >= 0.6 is 40.1 Å². The highest BCUT2D eigenvalue weighted by atomic mass is 79.9. The van der Waals surface area contributed by atoms with Gasteiger partial charge in [0.05, 0.1) is 6.04 Å². The van der Waals surface area contributed by atoms with Gasteiger partial charge in [0.1, 0.15) is 0 Å². The molecule has 1 unspecified atom stereocenters. The van der Waals surface area contributed by atoms with Crippen LogP contribution in [0.3, 0.4) is 0 Å². The molecule has 1 aromatic carbocycles. The van der Waals surface area contributed by atoms with Gasteiger partial charge < -0.3 is 10.6 Å². The average Bonchev–Trinajstić information content (AvgIpc) is 2.93. The predicted octanol–water partition coefficient (Wildman–Crippen LogP) is 3.61. The molecule has 1 aromatic rings. The molecule has 0 aromatic heterocycles. The highest BCUT2D eigenvalue weighted by molar-refractivity contribution is 9.10. The van der Waals surface area contributed by atoms with E-state index in [-0.39, 0.29) is 29.1 Å². The number of halogens is 2. The van der Waals surface area contributed by atoms with Crippen molar-refractivity contribution in [1.82, 2.24) is 10.6 Å². The topological polar surface area (TPSA) is 41.1 Å². The van der Waals surface area contributed by atoms with E-state index < -0.39 is 0 Å². The molecule has 1 saturated heterocycles. The van der Waals surface area contributed by atoms with E-state index in [9.17, 15) is 4.79 Å². The molecule has 0 aliphatic carbocycles. The largest absolute Gasteiger partial charge is 0.353 e. The number of carbonyl (C=O) groups excluding carboxylic acids is 1. The highest BCUT2D eigenvalue weighted by Gasteiger charge is 2.25. The summed E-state index contributed by atoms with van der Waals surface area (Å²) in [5.74, 6) is 0.131. The van der Waals surface area contributed by atoms with Crippen molar-refractivity contribution >= 4 is 46.0 Å². The molecule has 1 aliphatic rings. The third-order valence-electron chi connectivity index (χ3n) is 3.27. The van der Waals surface area contributed by atoms with E-state index in [1.54, 1.807) is 11.8 Å². The smallest absolute Gasteiger partial charge is 0.237 e. The van der Waals surface area contributed by atoms with E-state index in [4.69, 9.17) is 0 Å². The summed E-state index contributed by atoms with van der Waals surface area (Å²) >= 11 is 5.22. The van der Waals surface area contributed by atoms with Gasteiger partial charge in [-0.25, -0.2) is 0 Å². The standard InChI is InChI=1S/C15H21BrN2OS.ClH/c1-15(2,20-12-7-5-11(16)6-8-12)10-18-14(19)13-4-3-9-17-13;/h5-8,13,17H,3-4,9-10H2,1-2H3,(H,18,19);1H. The van der Waals surface area contributed by atoms with Gasteiger partial charge >= 0.3 is 0 Å². The minimum absolute atomic E-state index is 0. The summed E-state index contributed by atoms with van der Waals surface area (Å²) in [6.45, 7) is 5.93. The minimum atomic E-state index is -0.0257. The molecular formula is C15H22BrClN2OS. The lowest BCUT2D eigenvalue weighted by atomic mass is 10.2. The molecule has 1 heterocycles. The Balaban J connectivity index is 0.00000220. The van der Waals surface area contributed by atoms with Gasteiger partial charge in [0, 0.05) is 20.7 Å². The van der Waals surface area contributed by atoms with Crippen LogP contribution < -0.4 is 10.6 Å². The summed E-state index contributed by atoms with van der Waals surface area (Å²) in [6, 6.07) is 8.27. The average molecular weight is 394 g/mol. The lowest BCUT2D eigenvalue weighted by Gasteiger charge is -2.25. The molecule has 2 N–H and O–H groups in total. The van der Waals surface area contributed by atoms with Gasteiger partial charge in [-0.1, -0.05) is 15.9 Å². The zero-order valence-electron chi connectivity index (χ0n) is 12.3. The van der Waals surface area contributed by atoms with Gasteiger partial charge in [0.2, 0.25) is 5.91 Å². The summed E-state index contributed by atoms with van der Waals surface area (Å²) in [4.78, 5) is 13.2. The molecule has 2 rings (SSSR count). The number of thioether (sulfide) groups is 1. The number of carbonyl (C=O) groups is 1. The lowest BCUT2D eigenvalue weighted by molar-refractivity contribution is -0.122. The quantitative estimate of drug-likeness (QED) is 0.751. The zero-order valence-corrected chi connectivity index (χ0v) is 15.5. The first-order chi connectivity index (χ1) is 9.46. The van der Waals surface area contributed by atoms with Crippen molar-refractivity contribution in [1.29, 1.82) is 0 Å². The maximum atomic E-state index is 12.0. The Morgan fingerprint density at radius 3 is 2.67 bits per heavy atom. The van der Waals surface area contributed by atoms with Crippen LogP contribution in [0.25, 0.3) is 0 Å². The lowest BCUT2D eigenvalue weighted by Crippen LogP contribution is -2.44. The van der Waals surface area contributed by atoms with Gasteiger partial charge in [-0.15, -0.1) is 24.2 Å². The van der Waals surface area contributed by atoms with E-state index in [1.807, 2.05) is 12.1 Å². The molecular weight excluding hydrogens is 372 g/mol. The number of benzene rings is 1. The number of hydrogen-bond acceptors (Lipinski definition) is 3. The summed E-state index contributed by atoms with van der Waals surface area (Å²) < 4.78 is 1.06. The van der Waals surface area contributed by atoms with Crippen molar-refractivity contribution in [3.8, 4) is 0 Å². The van der Waals surface area contributed by atoms with Crippen molar-refractivity contribution < 1.29 is 4.79 Å². The van der Waals surface area contributed by atoms with Gasteiger partial charge in [0.15, 0.2) is 0 Å². The first-order valence-electron chi connectivity index (χ1n) is 6.92. The van der Waals surface area contributed by atoms with Gasteiger partial charge in [0.25, 0.3) is 0 Å². The fourth-order valence-electron chi connectivity index (χ4n) is 2.19. The SMILES string of the molecule is CC(C)(CNC(=O)C1CCCN1)Sc1ccc(Br)cc1.Cl. The molecule has 21 heavy (non-hydrogen) atoms. The molecule has 1 fully saturated rings. The zero-order chi connectivity index (χ0) is 14.6. The monoisotopic (exact) mass is 392 g/mol.